The molecule has 0 radical (unpaired) electrons. The van der Waals surface area contributed by atoms with Crippen LogP contribution in [0.3, 0.4) is 0 Å². The fraction of sp³-hybridized carbons (Fsp3) is 0.222. The normalized spacial score (nSPS) is 11.2. The second kappa shape index (κ2) is 9.89. The topological polar surface area (TPSA) is 88.4 Å². The second-order valence-corrected chi connectivity index (χ2v) is 6.06. The fourth-order valence-electron chi connectivity index (χ4n) is 2.27. The lowest BCUT2D eigenvalue weighted by Crippen LogP contribution is -2.27. The molecule has 1 amide bonds. The van der Waals surface area contributed by atoms with Crippen LogP contribution in [0.2, 0.25) is 0 Å². The summed E-state index contributed by atoms with van der Waals surface area (Å²) in [7, 11) is 0. The van der Waals surface area contributed by atoms with E-state index in [1.165, 1.54) is 12.1 Å². The third-order valence-electron chi connectivity index (χ3n) is 3.53. The Kier molecular flexibility index (Phi) is 7.56. The number of nitrogens with two attached hydrogens (primary N) is 1. The number of carbonyl (C=O) groups excluding carboxylic acids is 2. The standard InChI is InChI=1S/C18H19Cl2N3O3/c19-7-10-23(11-8-20)14-5-3-13(4-6-14)12-16(17(21)24)26-18(25)15-2-1-9-22-15/h1-6,9,12,22H,7-8,10-11H2,(H2,21,24). The van der Waals surface area contributed by atoms with Crippen molar-refractivity contribution < 1.29 is 14.3 Å². The highest BCUT2D eigenvalue weighted by Gasteiger charge is 2.15. The lowest BCUT2D eigenvalue weighted by molar-refractivity contribution is -0.117. The van der Waals surface area contributed by atoms with E-state index < -0.39 is 11.9 Å². The Hall–Kier alpha value is -2.44. The number of amides is 1. The summed E-state index contributed by atoms with van der Waals surface area (Å²) >= 11 is 11.6. The number of benzene rings is 1. The van der Waals surface area contributed by atoms with Crippen molar-refractivity contribution in [2.45, 2.75) is 0 Å². The minimum absolute atomic E-state index is 0.227. The van der Waals surface area contributed by atoms with E-state index in [-0.39, 0.29) is 11.5 Å². The van der Waals surface area contributed by atoms with Crippen molar-refractivity contribution in [1.82, 2.24) is 4.98 Å². The van der Waals surface area contributed by atoms with Gasteiger partial charge in [-0.1, -0.05) is 12.1 Å². The molecule has 138 valence electrons. The van der Waals surface area contributed by atoms with Crippen molar-refractivity contribution in [2.24, 2.45) is 5.73 Å². The molecular formula is C18H19Cl2N3O3. The van der Waals surface area contributed by atoms with E-state index in [1.54, 1.807) is 24.4 Å². The molecule has 0 unspecified atom stereocenters. The maximum absolute atomic E-state index is 12.0. The van der Waals surface area contributed by atoms with Crippen LogP contribution in [0.5, 0.6) is 0 Å². The van der Waals surface area contributed by atoms with Crippen LogP contribution in [0.1, 0.15) is 16.1 Å². The van der Waals surface area contributed by atoms with Gasteiger partial charge in [0.2, 0.25) is 0 Å². The van der Waals surface area contributed by atoms with Crippen LogP contribution >= 0.6 is 23.2 Å². The molecule has 2 aromatic rings. The Morgan fingerprint density at radius 1 is 1.12 bits per heavy atom. The van der Waals surface area contributed by atoms with Crippen LogP contribution in [0.15, 0.2) is 48.4 Å². The number of alkyl halides is 2. The lowest BCUT2D eigenvalue weighted by atomic mass is 10.1. The van der Waals surface area contributed by atoms with E-state index in [0.29, 0.717) is 30.4 Å². The maximum atomic E-state index is 12.0. The van der Waals surface area contributed by atoms with E-state index in [1.807, 2.05) is 17.0 Å². The molecule has 2 rings (SSSR count). The summed E-state index contributed by atoms with van der Waals surface area (Å²) in [5.41, 5.74) is 7.16. The molecular weight excluding hydrogens is 377 g/mol. The molecule has 1 aromatic heterocycles. The summed E-state index contributed by atoms with van der Waals surface area (Å²) in [5.74, 6) is -0.791. The quantitative estimate of drug-likeness (QED) is 0.295. The number of primary amides is 1. The number of H-pyrrole nitrogens is 1. The van der Waals surface area contributed by atoms with Crippen LogP contribution in [0.25, 0.3) is 6.08 Å². The molecule has 8 heteroatoms. The van der Waals surface area contributed by atoms with Gasteiger partial charge in [0.1, 0.15) is 5.69 Å². The number of aromatic amines is 1. The molecule has 3 N–H and O–H groups in total. The first kappa shape index (κ1) is 19.9. The number of anilines is 1. The molecule has 0 spiro atoms. The molecule has 0 saturated heterocycles. The molecule has 0 atom stereocenters. The zero-order valence-electron chi connectivity index (χ0n) is 14.0. The predicted molar refractivity (Wildman–Crippen MR) is 103 cm³/mol. The number of halogens is 2. The first-order valence-corrected chi connectivity index (χ1v) is 8.96. The molecule has 0 fully saturated rings. The van der Waals surface area contributed by atoms with Gasteiger partial charge in [0.05, 0.1) is 0 Å². The number of hydrogen-bond donors (Lipinski definition) is 2. The summed E-state index contributed by atoms with van der Waals surface area (Å²) < 4.78 is 5.09. The molecule has 26 heavy (non-hydrogen) atoms. The molecule has 0 aliphatic rings. The Morgan fingerprint density at radius 3 is 2.27 bits per heavy atom. The number of hydrogen-bond acceptors (Lipinski definition) is 4. The number of rotatable bonds is 9. The minimum atomic E-state index is -0.833. The Balaban J connectivity index is 2.16. The van der Waals surface area contributed by atoms with E-state index >= 15 is 0 Å². The van der Waals surface area contributed by atoms with Gasteiger partial charge in [0.25, 0.3) is 5.91 Å². The minimum Gasteiger partial charge on any atom is -0.416 e. The van der Waals surface area contributed by atoms with Crippen molar-refractivity contribution in [3.8, 4) is 0 Å². The van der Waals surface area contributed by atoms with Crippen LogP contribution in [0.4, 0.5) is 5.69 Å². The fourth-order valence-corrected chi connectivity index (χ4v) is 2.68. The number of carbonyl (C=O) groups is 2. The number of nitrogens with zero attached hydrogens (tertiary/aromatic N) is 1. The van der Waals surface area contributed by atoms with Crippen molar-refractivity contribution in [3.63, 3.8) is 0 Å². The highest BCUT2D eigenvalue weighted by molar-refractivity contribution is 6.18. The highest BCUT2D eigenvalue weighted by atomic mass is 35.5. The van der Waals surface area contributed by atoms with Gasteiger partial charge in [-0.05, 0) is 35.9 Å². The Labute approximate surface area is 161 Å². The van der Waals surface area contributed by atoms with Gasteiger partial charge in [-0.25, -0.2) is 4.79 Å². The van der Waals surface area contributed by atoms with Crippen LogP contribution < -0.4 is 10.6 Å². The van der Waals surface area contributed by atoms with Gasteiger partial charge in [-0.3, -0.25) is 4.79 Å². The number of aromatic nitrogens is 1. The van der Waals surface area contributed by atoms with E-state index in [2.05, 4.69) is 4.98 Å². The monoisotopic (exact) mass is 395 g/mol. The average molecular weight is 396 g/mol. The molecule has 1 aromatic carbocycles. The van der Waals surface area contributed by atoms with Crippen molar-refractivity contribution >= 4 is 46.8 Å². The highest BCUT2D eigenvalue weighted by Crippen LogP contribution is 2.18. The zero-order chi connectivity index (χ0) is 18.9. The number of nitrogens with one attached hydrogen (secondary N) is 1. The van der Waals surface area contributed by atoms with Gasteiger partial charge in [0.15, 0.2) is 5.76 Å². The summed E-state index contributed by atoms with van der Waals surface area (Å²) in [6, 6.07) is 10.5. The van der Waals surface area contributed by atoms with E-state index in [9.17, 15) is 9.59 Å². The van der Waals surface area contributed by atoms with Gasteiger partial charge in [-0.15, -0.1) is 23.2 Å². The van der Waals surface area contributed by atoms with Gasteiger partial charge in [-0.2, -0.15) is 0 Å². The number of ether oxygens (including phenoxy) is 1. The van der Waals surface area contributed by atoms with E-state index in [0.717, 1.165) is 5.69 Å². The van der Waals surface area contributed by atoms with Crippen LogP contribution in [-0.2, 0) is 9.53 Å². The van der Waals surface area contributed by atoms with E-state index in [4.69, 9.17) is 33.7 Å². The molecule has 6 nitrogen and oxygen atoms in total. The summed E-state index contributed by atoms with van der Waals surface area (Å²) in [5, 5.41) is 0. The second-order valence-electron chi connectivity index (χ2n) is 5.30. The molecule has 0 aliphatic carbocycles. The summed E-state index contributed by atoms with van der Waals surface area (Å²) in [6.07, 6.45) is 3.00. The lowest BCUT2D eigenvalue weighted by Gasteiger charge is -2.22. The Bertz CT molecular complexity index is 752. The van der Waals surface area contributed by atoms with Gasteiger partial charge < -0.3 is 20.4 Å². The first-order chi connectivity index (χ1) is 12.5. The zero-order valence-corrected chi connectivity index (χ0v) is 15.5. The summed E-state index contributed by atoms with van der Waals surface area (Å²) in [6.45, 7) is 1.34. The maximum Gasteiger partial charge on any atom is 0.360 e. The number of esters is 1. The van der Waals surface area contributed by atoms with Crippen molar-refractivity contribution in [1.29, 1.82) is 0 Å². The molecule has 0 bridgehead atoms. The van der Waals surface area contributed by atoms with Gasteiger partial charge >= 0.3 is 5.97 Å². The van der Waals surface area contributed by atoms with Gasteiger partial charge in [0, 0.05) is 36.7 Å². The third-order valence-corrected chi connectivity index (χ3v) is 3.87. The SMILES string of the molecule is NC(=O)C(=Cc1ccc(N(CCCl)CCCl)cc1)OC(=O)c1ccc[nH]1. The first-order valence-electron chi connectivity index (χ1n) is 7.89. The third kappa shape index (κ3) is 5.54. The molecule has 1 heterocycles. The van der Waals surface area contributed by atoms with Crippen molar-refractivity contribution in [3.05, 3.63) is 59.6 Å². The van der Waals surface area contributed by atoms with Crippen LogP contribution in [0, 0.1) is 0 Å². The average Bonchev–Trinajstić information content (AvgIpc) is 3.16. The molecule has 0 saturated carbocycles. The smallest absolute Gasteiger partial charge is 0.360 e. The summed E-state index contributed by atoms with van der Waals surface area (Å²) in [4.78, 5) is 28.3. The molecule has 0 aliphatic heterocycles. The predicted octanol–water partition coefficient (Wildman–Crippen LogP) is 2.98. The Morgan fingerprint density at radius 2 is 1.77 bits per heavy atom. The van der Waals surface area contributed by atoms with Crippen LogP contribution in [-0.4, -0.2) is 41.7 Å². The van der Waals surface area contributed by atoms with Crippen molar-refractivity contribution in [2.75, 3.05) is 29.7 Å². The largest absolute Gasteiger partial charge is 0.416 e.